The molecule has 0 heterocycles. The van der Waals surface area contributed by atoms with Gasteiger partial charge in [0.2, 0.25) is 5.91 Å². The normalized spacial score (nSPS) is 30.6. The van der Waals surface area contributed by atoms with E-state index in [4.69, 9.17) is 18.0 Å². The minimum absolute atomic E-state index is 0.0886. The van der Waals surface area contributed by atoms with Gasteiger partial charge in [-0.2, -0.15) is 0 Å². The Morgan fingerprint density at radius 1 is 1.41 bits per heavy atom. The molecule has 96 valence electrons. The minimum atomic E-state index is -0.547. The molecule has 2 fully saturated rings. The van der Waals surface area contributed by atoms with Crippen LogP contribution in [0.25, 0.3) is 0 Å². The first kappa shape index (κ1) is 12.8. The predicted octanol–water partition coefficient (Wildman–Crippen LogP) is 2.14. The Morgan fingerprint density at radius 2 is 2.06 bits per heavy atom. The van der Waals surface area contributed by atoms with E-state index in [9.17, 15) is 4.79 Å². The second kappa shape index (κ2) is 4.92. The zero-order valence-corrected chi connectivity index (χ0v) is 11.3. The molecule has 0 saturated heterocycles. The van der Waals surface area contributed by atoms with Gasteiger partial charge in [0, 0.05) is 6.04 Å². The number of nitrogens with one attached hydrogen (secondary N) is 1. The molecule has 3 N–H and O–H groups in total. The summed E-state index contributed by atoms with van der Waals surface area (Å²) in [5, 5.41) is 3.14. The molecule has 0 aromatic rings. The van der Waals surface area contributed by atoms with E-state index in [1.807, 2.05) is 0 Å². The molecule has 2 rings (SSSR count). The highest BCUT2D eigenvalue weighted by molar-refractivity contribution is 7.80. The minimum Gasteiger partial charge on any atom is -0.392 e. The third-order valence-electron chi connectivity index (χ3n) is 4.38. The van der Waals surface area contributed by atoms with E-state index in [0.717, 1.165) is 38.5 Å². The fraction of sp³-hybridized carbons (Fsp3) is 0.846. The fourth-order valence-corrected chi connectivity index (χ4v) is 3.22. The number of hydrogen-bond acceptors (Lipinski definition) is 2. The summed E-state index contributed by atoms with van der Waals surface area (Å²) in [6.07, 6.45) is 7.24. The topological polar surface area (TPSA) is 55.1 Å². The summed E-state index contributed by atoms with van der Waals surface area (Å²) in [7, 11) is 0. The van der Waals surface area contributed by atoms with Gasteiger partial charge in [-0.3, -0.25) is 4.79 Å². The van der Waals surface area contributed by atoms with Crippen molar-refractivity contribution in [2.75, 3.05) is 0 Å². The van der Waals surface area contributed by atoms with Crippen molar-refractivity contribution in [2.45, 2.75) is 57.9 Å². The lowest BCUT2D eigenvalue weighted by atomic mass is 9.73. The molecule has 0 aliphatic heterocycles. The van der Waals surface area contributed by atoms with Crippen molar-refractivity contribution >= 4 is 23.1 Å². The molecular formula is C13H22N2OS. The van der Waals surface area contributed by atoms with E-state index in [1.165, 1.54) is 6.42 Å². The van der Waals surface area contributed by atoms with Gasteiger partial charge in [-0.1, -0.05) is 44.8 Å². The van der Waals surface area contributed by atoms with Crippen LogP contribution < -0.4 is 11.1 Å². The Balaban J connectivity index is 2.00. The van der Waals surface area contributed by atoms with Crippen LogP contribution in [0.4, 0.5) is 0 Å². The summed E-state index contributed by atoms with van der Waals surface area (Å²) in [6.45, 7) is 2.17. The van der Waals surface area contributed by atoms with Gasteiger partial charge in [-0.15, -0.1) is 0 Å². The van der Waals surface area contributed by atoms with Crippen molar-refractivity contribution in [3.63, 3.8) is 0 Å². The zero-order chi connectivity index (χ0) is 12.5. The van der Waals surface area contributed by atoms with Crippen LogP contribution in [0.5, 0.6) is 0 Å². The Morgan fingerprint density at radius 3 is 2.53 bits per heavy atom. The number of carbonyl (C=O) groups excluding carboxylic acids is 1. The van der Waals surface area contributed by atoms with Gasteiger partial charge in [-0.25, -0.2) is 0 Å². The maximum absolute atomic E-state index is 12.4. The lowest BCUT2D eigenvalue weighted by molar-refractivity contribution is -0.129. The van der Waals surface area contributed by atoms with Gasteiger partial charge < -0.3 is 11.1 Å². The summed E-state index contributed by atoms with van der Waals surface area (Å²) >= 11 is 5.15. The molecule has 2 unspecified atom stereocenters. The highest BCUT2D eigenvalue weighted by Crippen LogP contribution is 2.39. The largest absolute Gasteiger partial charge is 0.392 e. The number of rotatable bonds is 4. The zero-order valence-electron chi connectivity index (χ0n) is 10.5. The van der Waals surface area contributed by atoms with Crippen molar-refractivity contribution < 1.29 is 4.79 Å². The van der Waals surface area contributed by atoms with Crippen LogP contribution in [-0.4, -0.2) is 16.9 Å². The Labute approximate surface area is 109 Å². The quantitative estimate of drug-likeness (QED) is 0.756. The van der Waals surface area contributed by atoms with Crippen LogP contribution in [0.2, 0.25) is 0 Å². The summed E-state index contributed by atoms with van der Waals surface area (Å²) < 4.78 is 0. The van der Waals surface area contributed by atoms with Crippen LogP contribution >= 0.6 is 12.2 Å². The van der Waals surface area contributed by atoms with Crippen molar-refractivity contribution in [1.29, 1.82) is 0 Å². The average Bonchev–Trinajstić information content (AvgIpc) is 3.08. The molecule has 0 aromatic heterocycles. The molecule has 4 heteroatoms. The molecule has 0 bridgehead atoms. The third kappa shape index (κ3) is 2.46. The van der Waals surface area contributed by atoms with Gasteiger partial charge in [-0.05, 0) is 25.2 Å². The second-order valence-electron chi connectivity index (χ2n) is 5.49. The molecule has 17 heavy (non-hydrogen) atoms. The molecular weight excluding hydrogens is 232 g/mol. The molecule has 0 spiro atoms. The van der Waals surface area contributed by atoms with Crippen molar-refractivity contribution in [2.24, 2.45) is 17.1 Å². The third-order valence-corrected chi connectivity index (χ3v) is 4.77. The van der Waals surface area contributed by atoms with Crippen LogP contribution in [0.15, 0.2) is 0 Å². The van der Waals surface area contributed by atoms with Gasteiger partial charge >= 0.3 is 0 Å². The maximum atomic E-state index is 12.4. The van der Waals surface area contributed by atoms with Crippen LogP contribution in [-0.2, 0) is 4.79 Å². The summed E-state index contributed by atoms with van der Waals surface area (Å²) in [5.41, 5.74) is 5.29. The second-order valence-corrected chi connectivity index (χ2v) is 5.93. The van der Waals surface area contributed by atoms with Crippen LogP contribution in [0.1, 0.15) is 51.9 Å². The van der Waals surface area contributed by atoms with E-state index < -0.39 is 5.41 Å². The number of amides is 1. The van der Waals surface area contributed by atoms with Crippen molar-refractivity contribution in [3.8, 4) is 0 Å². The first-order chi connectivity index (χ1) is 8.10. The highest BCUT2D eigenvalue weighted by atomic mass is 32.1. The van der Waals surface area contributed by atoms with Crippen molar-refractivity contribution in [1.82, 2.24) is 5.32 Å². The van der Waals surface area contributed by atoms with E-state index in [-0.39, 0.29) is 5.91 Å². The summed E-state index contributed by atoms with van der Waals surface area (Å²) in [4.78, 5) is 12.8. The van der Waals surface area contributed by atoms with E-state index in [0.29, 0.717) is 16.9 Å². The van der Waals surface area contributed by atoms with Gasteiger partial charge in [0.1, 0.15) is 0 Å². The SMILES string of the molecule is CCC1CC1NC(=O)C1(C(N)=S)CCCCC1. The standard InChI is InChI=1S/C13H22N2OS/c1-2-9-8-10(9)15-12(16)13(11(14)17)6-4-3-5-7-13/h9-10H,2-8H2,1H3,(H2,14,17)(H,15,16). The van der Waals surface area contributed by atoms with Gasteiger partial charge in [0.25, 0.3) is 0 Å². The van der Waals surface area contributed by atoms with E-state index in [1.54, 1.807) is 0 Å². The molecule has 0 aromatic carbocycles. The number of thiocarbonyl (C=S) groups is 1. The van der Waals surface area contributed by atoms with Crippen molar-refractivity contribution in [3.05, 3.63) is 0 Å². The molecule has 2 aliphatic rings. The number of nitrogens with two attached hydrogens (primary N) is 1. The van der Waals surface area contributed by atoms with Gasteiger partial charge in [0.15, 0.2) is 0 Å². The van der Waals surface area contributed by atoms with E-state index in [2.05, 4.69) is 12.2 Å². The number of hydrogen-bond donors (Lipinski definition) is 2. The summed E-state index contributed by atoms with van der Waals surface area (Å²) in [5.74, 6) is 0.761. The Hall–Kier alpha value is -0.640. The Bertz CT molecular complexity index is 323. The monoisotopic (exact) mass is 254 g/mol. The predicted molar refractivity (Wildman–Crippen MR) is 72.6 cm³/mol. The first-order valence-electron chi connectivity index (χ1n) is 6.71. The molecule has 2 aliphatic carbocycles. The molecule has 0 radical (unpaired) electrons. The first-order valence-corrected chi connectivity index (χ1v) is 7.12. The smallest absolute Gasteiger partial charge is 0.233 e. The maximum Gasteiger partial charge on any atom is 0.233 e. The van der Waals surface area contributed by atoms with Crippen LogP contribution in [0, 0.1) is 11.3 Å². The number of carbonyl (C=O) groups is 1. The Kier molecular flexibility index (Phi) is 3.71. The lowest BCUT2D eigenvalue weighted by Crippen LogP contribution is -2.50. The van der Waals surface area contributed by atoms with Crippen LogP contribution in [0.3, 0.4) is 0 Å². The highest BCUT2D eigenvalue weighted by Gasteiger charge is 2.46. The van der Waals surface area contributed by atoms with E-state index >= 15 is 0 Å². The van der Waals surface area contributed by atoms with Gasteiger partial charge in [0.05, 0.1) is 10.4 Å². The molecule has 1 amide bonds. The average molecular weight is 254 g/mol. The fourth-order valence-electron chi connectivity index (χ4n) is 2.92. The molecule has 3 nitrogen and oxygen atoms in total. The summed E-state index contributed by atoms with van der Waals surface area (Å²) in [6, 6.07) is 0.376. The molecule has 2 saturated carbocycles. The molecule has 2 atom stereocenters. The lowest BCUT2D eigenvalue weighted by Gasteiger charge is -2.34.